The quantitative estimate of drug-likeness (QED) is 0.863. The Balaban J connectivity index is 2.20. The summed E-state index contributed by atoms with van der Waals surface area (Å²) < 4.78 is 1.78. The summed E-state index contributed by atoms with van der Waals surface area (Å²) in [6.07, 6.45) is 4.70. The summed E-state index contributed by atoms with van der Waals surface area (Å²) in [5, 5.41) is 4.54. The summed E-state index contributed by atoms with van der Waals surface area (Å²) in [5.74, 6) is 0.647. The molecule has 1 aliphatic carbocycles. The van der Waals surface area contributed by atoms with E-state index in [9.17, 15) is 4.79 Å². The van der Waals surface area contributed by atoms with E-state index in [0.717, 1.165) is 41.8 Å². The minimum atomic E-state index is -0.0891. The molecular formula is C15H20N4O. The Labute approximate surface area is 118 Å². The Morgan fingerprint density at radius 2 is 2.05 bits per heavy atom. The smallest absolute Gasteiger partial charge is 0.254 e. The minimum Gasteiger partial charge on any atom is -0.306 e. The van der Waals surface area contributed by atoms with Crippen molar-refractivity contribution in [3.63, 3.8) is 0 Å². The standard InChI is InChI=1S/C15H20N4O/c1-15(2,3)12-10(8-19(4)18-12)13-16-11-7-5-6-9(11)14(20)17-13/h8H,5-7H2,1-4H3,(H,16,17,20). The van der Waals surface area contributed by atoms with Gasteiger partial charge in [-0.1, -0.05) is 20.8 Å². The van der Waals surface area contributed by atoms with Crippen LogP contribution in [-0.2, 0) is 25.3 Å². The molecule has 0 fully saturated rings. The average molecular weight is 272 g/mol. The third-order valence-electron chi connectivity index (χ3n) is 3.74. The summed E-state index contributed by atoms with van der Waals surface area (Å²) in [6.45, 7) is 6.35. The highest BCUT2D eigenvalue weighted by Gasteiger charge is 2.25. The number of nitrogens with one attached hydrogen (secondary N) is 1. The van der Waals surface area contributed by atoms with Crippen molar-refractivity contribution in [3.05, 3.63) is 33.5 Å². The zero-order chi connectivity index (χ0) is 14.5. The SMILES string of the molecule is Cn1cc(-c2nc3c(c(=O)[nH]2)CCC3)c(C(C)(C)C)n1. The van der Waals surface area contributed by atoms with Crippen LogP contribution in [0.1, 0.15) is 44.1 Å². The van der Waals surface area contributed by atoms with Gasteiger partial charge in [0.2, 0.25) is 0 Å². The predicted molar refractivity (Wildman–Crippen MR) is 77.8 cm³/mol. The zero-order valence-electron chi connectivity index (χ0n) is 12.4. The lowest BCUT2D eigenvalue weighted by Gasteiger charge is -2.17. The van der Waals surface area contributed by atoms with Gasteiger partial charge in [-0.05, 0) is 19.3 Å². The van der Waals surface area contributed by atoms with E-state index in [1.165, 1.54) is 0 Å². The maximum Gasteiger partial charge on any atom is 0.254 e. The first-order valence-electron chi connectivity index (χ1n) is 7.03. The first-order chi connectivity index (χ1) is 9.36. The van der Waals surface area contributed by atoms with Crippen molar-refractivity contribution < 1.29 is 0 Å². The van der Waals surface area contributed by atoms with Crippen LogP contribution in [0.2, 0.25) is 0 Å². The summed E-state index contributed by atoms with van der Waals surface area (Å²) in [6, 6.07) is 0. The Morgan fingerprint density at radius 3 is 2.75 bits per heavy atom. The molecule has 2 heterocycles. The van der Waals surface area contributed by atoms with Gasteiger partial charge in [0.15, 0.2) is 0 Å². The van der Waals surface area contributed by atoms with Crippen LogP contribution in [0.3, 0.4) is 0 Å². The van der Waals surface area contributed by atoms with Gasteiger partial charge in [0.05, 0.1) is 17.0 Å². The van der Waals surface area contributed by atoms with E-state index >= 15 is 0 Å². The third kappa shape index (κ3) is 2.07. The molecule has 1 N–H and O–H groups in total. The number of aryl methyl sites for hydroxylation is 2. The highest BCUT2D eigenvalue weighted by Crippen LogP contribution is 2.30. The average Bonchev–Trinajstić information content (AvgIpc) is 2.94. The fraction of sp³-hybridized carbons (Fsp3) is 0.533. The van der Waals surface area contributed by atoms with Gasteiger partial charge in [-0.3, -0.25) is 9.48 Å². The van der Waals surface area contributed by atoms with Gasteiger partial charge in [-0.15, -0.1) is 0 Å². The lowest BCUT2D eigenvalue weighted by Crippen LogP contribution is -2.18. The molecule has 2 aromatic heterocycles. The highest BCUT2D eigenvalue weighted by molar-refractivity contribution is 5.59. The second kappa shape index (κ2) is 4.30. The molecule has 0 saturated heterocycles. The topological polar surface area (TPSA) is 63.6 Å². The van der Waals surface area contributed by atoms with Gasteiger partial charge < -0.3 is 4.98 Å². The Hall–Kier alpha value is -1.91. The van der Waals surface area contributed by atoms with Crippen molar-refractivity contribution in [1.29, 1.82) is 0 Å². The molecule has 20 heavy (non-hydrogen) atoms. The molecular weight excluding hydrogens is 252 g/mol. The fourth-order valence-electron chi connectivity index (χ4n) is 2.78. The first-order valence-corrected chi connectivity index (χ1v) is 7.03. The van der Waals surface area contributed by atoms with Crippen LogP contribution < -0.4 is 5.56 Å². The number of nitrogens with zero attached hydrogens (tertiary/aromatic N) is 3. The summed E-state index contributed by atoms with van der Waals surface area (Å²) in [4.78, 5) is 19.7. The van der Waals surface area contributed by atoms with Gasteiger partial charge in [0.25, 0.3) is 5.56 Å². The number of fused-ring (bicyclic) bond motifs is 1. The van der Waals surface area contributed by atoms with E-state index in [1.54, 1.807) is 4.68 Å². The molecule has 0 atom stereocenters. The van der Waals surface area contributed by atoms with Crippen LogP contribution in [0.15, 0.2) is 11.0 Å². The number of aromatic amines is 1. The Morgan fingerprint density at radius 1 is 1.30 bits per heavy atom. The summed E-state index contributed by atoms with van der Waals surface area (Å²) in [7, 11) is 1.89. The molecule has 0 radical (unpaired) electrons. The van der Waals surface area contributed by atoms with E-state index in [2.05, 4.69) is 35.8 Å². The number of hydrogen-bond donors (Lipinski definition) is 1. The second-order valence-corrected chi connectivity index (χ2v) is 6.51. The maximum atomic E-state index is 12.2. The lowest BCUT2D eigenvalue weighted by atomic mass is 9.89. The van der Waals surface area contributed by atoms with Crippen molar-refractivity contribution in [1.82, 2.24) is 19.7 Å². The van der Waals surface area contributed by atoms with E-state index in [0.29, 0.717) is 5.82 Å². The van der Waals surface area contributed by atoms with Crippen molar-refractivity contribution in [2.45, 2.75) is 45.4 Å². The second-order valence-electron chi connectivity index (χ2n) is 6.51. The van der Waals surface area contributed by atoms with Crippen LogP contribution in [0, 0.1) is 0 Å². The first kappa shape index (κ1) is 13.1. The number of H-pyrrole nitrogens is 1. The molecule has 106 valence electrons. The zero-order valence-corrected chi connectivity index (χ0v) is 12.4. The molecule has 0 aromatic carbocycles. The van der Waals surface area contributed by atoms with Gasteiger partial charge in [0.1, 0.15) is 5.82 Å². The Bertz CT molecular complexity index is 718. The normalized spacial score (nSPS) is 14.6. The van der Waals surface area contributed by atoms with E-state index in [1.807, 2.05) is 13.2 Å². The van der Waals surface area contributed by atoms with E-state index in [-0.39, 0.29) is 11.0 Å². The maximum absolute atomic E-state index is 12.2. The molecule has 0 amide bonds. The predicted octanol–water partition coefficient (Wildman–Crippen LogP) is 1.96. The molecule has 5 heteroatoms. The Kier molecular flexibility index (Phi) is 2.81. The largest absolute Gasteiger partial charge is 0.306 e. The molecule has 2 aromatic rings. The summed E-state index contributed by atoms with van der Waals surface area (Å²) in [5.41, 5.74) is 3.61. The van der Waals surface area contributed by atoms with E-state index in [4.69, 9.17) is 0 Å². The molecule has 0 saturated carbocycles. The van der Waals surface area contributed by atoms with Gasteiger partial charge in [-0.2, -0.15) is 5.10 Å². The number of rotatable bonds is 1. The van der Waals surface area contributed by atoms with Crippen molar-refractivity contribution in [2.24, 2.45) is 7.05 Å². The van der Waals surface area contributed by atoms with Gasteiger partial charge >= 0.3 is 0 Å². The lowest BCUT2D eigenvalue weighted by molar-refractivity contribution is 0.554. The monoisotopic (exact) mass is 272 g/mol. The fourth-order valence-corrected chi connectivity index (χ4v) is 2.78. The van der Waals surface area contributed by atoms with Crippen LogP contribution in [0.25, 0.3) is 11.4 Å². The van der Waals surface area contributed by atoms with E-state index < -0.39 is 0 Å². The number of aromatic nitrogens is 4. The minimum absolute atomic E-state index is 0.00575. The third-order valence-corrected chi connectivity index (χ3v) is 3.74. The van der Waals surface area contributed by atoms with Crippen LogP contribution in [-0.4, -0.2) is 19.7 Å². The van der Waals surface area contributed by atoms with Gasteiger partial charge in [-0.25, -0.2) is 4.98 Å². The van der Waals surface area contributed by atoms with Crippen molar-refractivity contribution in [3.8, 4) is 11.4 Å². The summed E-state index contributed by atoms with van der Waals surface area (Å²) >= 11 is 0. The molecule has 5 nitrogen and oxygen atoms in total. The molecule has 0 aliphatic heterocycles. The van der Waals surface area contributed by atoms with Gasteiger partial charge in [0, 0.05) is 24.2 Å². The van der Waals surface area contributed by atoms with Crippen molar-refractivity contribution >= 4 is 0 Å². The van der Waals surface area contributed by atoms with Crippen LogP contribution in [0.4, 0.5) is 0 Å². The molecule has 0 spiro atoms. The highest BCUT2D eigenvalue weighted by atomic mass is 16.1. The molecule has 1 aliphatic rings. The van der Waals surface area contributed by atoms with Crippen LogP contribution in [0.5, 0.6) is 0 Å². The number of hydrogen-bond acceptors (Lipinski definition) is 3. The molecule has 3 rings (SSSR count). The molecule has 0 bridgehead atoms. The molecule has 0 unspecified atom stereocenters. The van der Waals surface area contributed by atoms with Crippen molar-refractivity contribution in [2.75, 3.05) is 0 Å². The van der Waals surface area contributed by atoms with Crippen LogP contribution >= 0.6 is 0 Å².